The number of hydrogen-bond donors (Lipinski definition) is 0. The van der Waals surface area contributed by atoms with Crippen LogP contribution in [0.5, 0.6) is 0 Å². The summed E-state index contributed by atoms with van der Waals surface area (Å²) in [5, 5.41) is 0. The minimum atomic E-state index is -2.30. The molecule has 122 heavy (non-hydrogen) atoms. The monoisotopic (exact) mass is 1620 g/mol. The van der Waals surface area contributed by atoms with E-state index in [1.807, 2.05) is 72.5 Å². The molecule has 8 aromatic carbocycles. The third-order valence-corrected chi connectivity index (χ3v) is 33.1. The zero-order valence-electron chi connectivity index (χ0n) is 88.7. The summed E-state index contributed by atoms with van der Waals surface area (Å²) in [6.45, 7) is 58.4. The van der Waals surface area contributed by atoms with Gasteiger partial charge >= 0.3 is 0 Å². The van der Waals surface area contributed by atoms with E-state index in [0.29, 0.717) is 17.0 Å². The van der Waals surface area contributed by atoms with Crippen molar-refractivity contribution in [2.75, 3.05) is 0 Å². The van der Waals surface area contributed by atoms with Gasteiger partial charge in [0.25, 0.3) is 0 Å². The normalized spacial score (nSPS) is 18.8. The van der Waals surface area contributed by atoms with E-state index in [1.54, 1.807) is 6.20 Å². The molecule has 0 radical (unpaired) electrons. The molecule has 8 aliphatic carbocycles. The molecule has 4 heterocycles. The van der Waals surface area contributed by atoms with Crippen LogP contribution in [0.15, 0.2) is 158 Å². The van der Waals surface area contributed by atoms with Gasteiger partial charge in [0.05, 0.1) is 22.3 Å². The minimum Gasteiger partial charge on any atom is -0.201 e. The highest BCUT2D eigenvalue weighted by atomic mass is 15.0. The Balaban J connectivity index is 0.000000122. The molecule has 4 aromatic heterocycles. The Bertz CT molecular complexity index is 6920. The molecule has 0 saturated carbocycles. The minimum absolute atomic E-state index is 0.0418. The van der Waals surface area contributed by atoms with E-state index in [9.17, 15) is 2.74 Å². The van der Waals surface area contributed by atoms with E-state index in [-0.39, 0.29) is 43.5 Å². The van der Waals surface area contributed by atoms with Gasteiger partial charge in [-0.2, -0.15) is 0 Å². The van der Waals surface area contributed by atoms with Gasteiger partial charge in [-0.05, 0) is 275 Å². The number of hydrogen-bond acceptors (Lipinski definition) is 0. The van der Waals surface area contributed by atoms with Crippen LogP contribution < -0.4 is 18.3 Å². The van der Waals surface area contributed by atoms with Gasteiger partial charge in [-0.3, -0.25) is 0 Å². The van der Waals surface area contributed by atoms with E-state index >= 15 is 0 Å². The molecule has 4 nitrogen and oxygen atoms in total. The number of benzene rings is 8. The van der Waals surface area contributed by atoms with E-state index in [4.69, 9.17) is 9.60 Å². The SMILES string of the molecule is Cc1c2c(cc3c1-c1c(c(C(C)C)cc[n+]1C)C(C)(C)C3(C)C)Cc1ccccc1-2.[2H]C([2H])([2H])c1c[n+](C)c2c(c1C([2H])(C)C)C(C)(C)C(C)(C)c1cc3c(c(C)c1-2)-c1ccccc1C3.[2H]C([2H])([2H])c1c[n+](C)c2c(c1C)C(C)(C)C(C)(C)c1cc3c(c(C)c1-2)-c1ccccc1C3.[2H]C([2H])(c1cc[n+](C)c2c1C(C)(C)C(C)(C)c1cc3c(c(C)c1-2)-c1ccccc1C3)C(C)(C)C. The van der Waals surface area contributed by atoms with Crippen molar-refractivity contribution >= 4 is 0 Å². The number of fused-ring (bicyclic) bond motifs is 24. The highest BCUT2D eigenvalue weighted by Crippen LogP contribution is 2.64. The molecule has 4 heteroatoms. The van der Waals surface area contributed by atoms with Gasteiger partial charge in [0, 0.05) is 79.5 Å². The van der Waals surface area contributed by atoms with Crippen LogP contribution >= 0.6 is 0 Å². The van der Waals surface area contributed by atoms with Crippen LogP contribution in [0.3, 0.4) is 0 Å². The zero-order valence-corrected chi connectivity index (χ0v) is 79.7. The van der Waals surface area contributed by atoms with Gasteiger partial charge < -0.3 is 0 Å². The largest absolute Gasteiger partial charge is 0.216 e. The summed E-state index contributed by atoms with van der Waals surface area (Å²) in [4.78, 5) is 0. The summed E-state index contributed by atoms with van der Waals surface area (Å²) in [7, 11) is 8.32. The Hall–Kier alpha value is -9.64. The topological polar surface area (TPSA) is 15.5 Å². The predicted octanol–water partition coefficient (Wildman–Crippen LogP) is 27.3. The molecule has 0 bridgehead atoms. The van der Waals surface area contributed by atoms with E-state index in [1.165, 1.54) is 190 Å². The maximum atomic E-state index is 9.25. The van der Waals surface area contributed by atoms with Gasteiger partial charge in [0.1, 0.15) is 28.2 Å². The van der Waals surface area contributed by atoms with Crippen molar-refractivity contribution in [3.8, 4) is 89.5 Å². The van der Waals surface area contributed by atoms with Gasteiger partial charge in [0.2, 0.25) is 22.8 Å². The summed E-state index contributed by atoms with van der Waals surface area (Å²) < 4.78 is 85.8. The fourth-order valence-electron chi connectivity index (χ4n) is 24.2. The maximum absolute atomic E-state index is 9.25. The Morgan fingerprint density at radius 1 is 0.344 bits per heavy atom. The first kappa shape index (κ1) is 73.8. The van der Waals surface area contributed by atoms with Crippen LogP contribution in [0.2, 0.25) is 0 Å². The molecule has 12 aromatic rings. The summed E-state index contributed by atoms with van der Waals surface area (Å²) in [5.41, 5.74) is 50.8. The number of nitrogens with zero attached hydrogens (tertiary/aromatic N) is 4. The summed E-state index contributed by atoms with van der Waals surface area (Å²) in [5.74, 6) is -0.559. The second kappa shape index (κ2) is 28.2. The van der Waals surface area contributed by atoms with Crippen molar-refractivity contribution in [1.82, 2.24) is 0 Å². The van der Waals surface area contributed by atoms with Crippen molar-refractivity contribution in [1.29, 1.82) is 0 Å². The first-order valence-electron chi connectivity index (χ1n) is 49.7. The van der Waals surface area contributed by atoms with Gasteiger partial charge in [-0.15, -0.1) is 0 Å². The Morgan fingerprint density at radius 3 is 0.975 bits per heavy atom. The molecule has 0 atom stereocenters. The van der Waals surface area contributed by atoms with Gasteiger partial charge in [-0.1, -0.05) is 281 Å². The quantitative estimate of drug-likeness (QED) is 0.157. The number of rotatable bonds is 3. The van der Waals surface area contributed by atoms with Crippen molar-refractivity contribution in [3.05, 3.63) is 303 Å². The third-order valence-electron chi connectivity index (χ3n) is 33.1. The van der Waals surface area contributed by atoms with E-state index in [2.05, 4.69) is 320 Å². The lowest BCUT2D eigenvalue weighted by molar-refractivity contribution is -0.661. The Kier molecular flexibility index (Phi) is 17.1. The van der Waals surface area contributed by atoms with E-state index in [0.717, 1.165) is 53.6 Å². The second-order valence-corrected chi connectivity index (χ2v) is 43.6. The summed E-state index contributed by atoms with van der Waals surface area (Å²) >= 11 is 0. The average Bonchev–Trinajstić information content (AvgIpc) is 1.59. The Morgan fingerprint density at radius 2 is 0.639 bits per heavy atom. The molecule has 20 rings (SSSR count). The Labute approximate surface area is 747 Å². The van der Waals surface area contributed by atoms with Gasteiger partial charge in [0.15, 0.2) is 24.8 Å². The van der Waals surface area contributed by atoms with Crippen LogP contribution in [0, 0.1) is 53.7 Å². The molecule has 0 aliphatic heterocycles. The molecule has 0 fully saturated rings. The lowest BCUT2D eigenvalue weighted by Crippen LogP contribution is -2.49. The highest BCUT2D eigenvalue weighted by molar-refractivity contribution is 5.94. The number of aromatic nitrogens is 4. The van der Waals surface area contributed by atoms with E-state index < -0.39 is 36.8 Å². The van der Waals surface area contributed by atoms with Gasteiger partial charge in [-0.25, -0.2) is 18.3 Å². The van der Waals surface area contributed by atoms with Crippen LogP contribution in [0.1, 0.15) is 328 Å². The van der Waals surface area contributed by atoms with Crippen LogP contribution in [0.25, 0.3) is 89.5 Å². The maximum Gasteiger partial charge on any atom is 0.216 e. The molecule has 0 spiro atoms. The highest BCUT2D eigenvalue weighted by Gasteiger charge is 2.57. The first-order valence-corrected chi connectivity index (χ1v) is 45.2. The standard InChI is InChI=1S/C31H38N.C30H36N.C29H34N.C28H32N/c1-19-25-22(16-20-12-10-11-13-23(20)25)17-24-26(19)28-27(31(7,8)30(24,5)6)21(14-15-32(28)9)18-29(2,3)4;1-17(2)24-18(3)16-31(9)28-26-19(4)25-21(14-20-12-10-11-13-22(20)25)15-23(26)29(5,6)30(7,8)27(24)28;1-17(2)21-13-14-30(8)27-25-18(3)24-20(15-19-11-9-10-12-22(19)24)16-23(25)28(4,5)29(6,7)26(21)27;1-16-15-29(8)26-24-18(3)23-20(13-19-11-9-10-12-21(19)23)14-22(24)27(4,5)28(6,7)25(26)17(16)2/h10-15,17H,16,18H2,1-9H3;10-13,15-17H,14H2,1-9H3;9-14,16-17H,15H2,1-8H3;9-12,14-15H,13H2,1-8H3/q4*+1/i18D2;3D3,17D;;1D3. The fraction of sp³-hybridized carbons (Fsp3) is 0.424. The molecule has 628 valence electrons. The summed E-state index contributed by atoms with van der Waals surface area (Å²) in [6, 6.07) is 49.4. The molecular formula is C118H140N4+4. The smallest absolute Gasteiger partial charge is 0.201 e. The van der Waals surface area contributed by atoms with Crippen LogP contribution in [-0.4, -0.2) is 0 Å². The lowest BCUT2D eigenvalue weighted by Gasteiger charge is -2.48. The molecular weight excluding hydrogens is 1470 g/mol. The molecule has 0 N–H and O–H groups in total. The van der Waals surface area contributed by atoms with Crippen molar-refractivity contribution in [3.63, 3.8) is 0 Å². The van der Waals surface area contributed by atoms with Crippen LogP contribution in [0.4, 0.5) is 0 Å². The van der Waals surface area contributed by atoms with Crippen molar-refractivity contribution < 1.29 is 30.6 Å². The van der Waals surface area contributed by atoms with Crippen molar-refractivity contribution in [2.45, 2.75) is 295 Å². The first-order chi connectivity index (χ1) is 60.5. The van der Waals surface area contributed by atoms with Crippen molar-refractivity contribution in [2.24, 2.45) is 33.6 Å². The average molecular weight is 1620 g/mol. The molecule has 8 aliphatic rings. The summed E-state index contributed by atoms with van der Waals surface area (Å²) in [6.07, 6.45) is 10.4. The predicted molar refractivity (Wildman–Crippen MR) is 514 cm³/mol. The third kappa shape index (κ3) is 11.9. The number of pyridine rings is 4. The second-order valence-electron chi connectivity index (χ2n) is 43.6. The fourth-order valence-corrected chi connectivity index (χ4v) is 24.2. The molecule has 0 unspecified atom stereocenters. The zero-order chi connectivity index (χ0) is 95.8. The molecule has 0 saturated heterocycles. The lowest BCUT2D eigenvalue weighted by atomic mass is 9.54. The molecule has 0 amide bonds. The number of aryl methyl sites for hydroxylation is 6. The van der Waals surface area contributed by atoms with Crippen LogP contribution in [-0.2, 0) is 104 Å².